The second kappa shape index (κ2) is 7.02. The first-order valence-corrected chi connectivity index (χ1v) is 8.46. The van der Waals surface area contributed by atoms with E-state index in [0.29, 0.717) is 16.3 Å². The molecule has 0 bridgehead atoms. The van der Waals surface area contributed by atoms with Gasteiger partial charge in [-0.05, 0) is 26.7 Å². The van der Waals surface area contributed by atoms with Crippen molar-refractivity contribution in [3.8, 4) is 5.75 Å². The molecule has 0 aromatic carbocycles. The first kappa shape index (κ1) is 15.9. The lowest BCUT2D eigenvalue weighted by Crippen LogP contribution is -2.27. The maximum absolute atomic E-state index is 11.6. The van der Waals surface area contributed by atoms with E-state index in [4.69, 9.17) is 16.2 Å². The Morgan fingerprint density at radius 2 is 1.76 bits per heavy atom. The smallest absolute Gasteiger partial charge is 0.261 e. The summed E-state index contributed by atoms with van der Waals surface area (Å²) in [5, 5.41) is 0.955. The molecule has 1 aliphatic rings. The zero-order chi connectivity index (χ0) is 15.4. The minimum atomic E-state index is -0.482. The van der Waals surface area contributed by atoms with Gasteiger partial charge in [0, 0.05) is 13.1 Å². The summed E-state index contributed by atoms with van der Waals surface area (Å²) in [6, 6.07) is 0. The van der Waals surface area contributed by atoms with Crippen LogP contribution in [0.2, 0.25) is 0 Å². The number of hydrogen-bond acceptors (Lipinski definition) is 5. The van der Waals surface area contributed by atoms with Gasteiger partial charge in [0.15, 0.2) is 5.75 Å². The Morgan fingerprint density at radius 3 is 2.29 bits per heavy atom. The lowest BCUT2D eigenvalue weighted by Gasteiger charge is -2.26. The highest BCUT2D eigenvalue weighted by Crippen LogP contribution is 2.45. The van der Waals surface area contributed by atoms with E-state index in [-0.39, 0.29) is 6.10 Å². The van der Waals surface area contributed by atoms with Gasteiger partial charge in [-0.25, -0.2) is 0 Å². The Bertz CT molecular complexity index is 491. The number of anilines is 2. The van der Waals surface area contributed by atoms with Gasteiger partial charge >= 0.3 is 0 Å². The van der Waals surface area contributed by atoms with E-state index in [9.17, 15) is 4.79 Å². The summed E-state index contributed by atoms with van der Waals surface area (Å²) in [6.07, 6.45) is 6.13. The summed E-state index contributed by atoms with van der Waals surface area (Å²) in [5.74, 6) is 0.147. The molecule has 0 unspecified atom stereocenters. The number of rotatable bonds is 4. The van der Waals surface area contributed by atoms with Crippen molar-refractivity contribution in [2.24, 2.45) is 5.73 Å². The molecule has 2 heterocycles. The first-order valence-electron chi connectivity index (χ1n) is 7.64. The molecule has 1 aromatic heterocycles. The normalized spacial score (nSPS) is 16.6. The summed E-state index contributed by atoms with van der Waals surface area (Å²) in [7, 11) is 0. The van der Waals surface area contributed by atoms with Crippen LogP contribution in [-0.4, -0.2) is 25.1 Å². The lowest BCUT2D eigenvalue weighted by atomic mass is 10.1. The van der Waals surface area contributed by atoms with Crippen LogP contribution in [0.25, 0.3) is 0 Å². The Labute approximate surface area is 130 Å². The van der Waals surface area contributed by atoms with Crippen LogP contribution in [0.5, 0.6) is 5.75 Å². The van der Waals surface area contributed by atoms with Crippen LogP contribution < -0.4 is 21.1 Å². The molecule has 1 amide bonds. The molecule has 1 fully saturated rings. The fraction of sp³-hybridized carbons (Fsp3) is 0.667. The number of primary amides is 1. The van der Waals surface area contributed by atoms with Crippen LogP contribution in [-0.2, 0) is 0 Å². The van der Waals surface area contributed by atoms with Gasteiger partial charge in [0.2, 0.25) is 0 Å². The molecular weight excluding hydrogens is 286 g/mol. The minimum absolute atomic E-state index is 0.0103. The van der Waals surface area contributed by atoms with Crippen LogP contribution in [0.1, 0.15) is 55.6 Å². The van der Waals surface area contributed by atoms with Crippen molar-refractivity contribution in [3.63, 3.8) is 0 Å². The summed E-state index contributed by atoms with van der Waals surface area (Å²) < 4.78 is 5.87. The molecule has 0 aliphatic carbocycles. The highest BCUT2D eigenvalue weighted by Gasteiger charge is 2.25. The maximum Gasteiger partial charge on any atom is 0.261 e. The van der Waals surface area contributed by atoms with Crippen molar-refractivity contribution in [1.29, 1.82) is 0 Å². The predicted octanol–water partition coefficient (Wildman–Crippen LogP) is 2.99. The van der Waals surface area contributed by atoms with Crippen LogP contribution in [0, 0.1) is 0 Å². The standard InChI is InChI=1S/C15H25N3O2S/c1-10(2)20-12-11(16)13(14(17)19)21-15(12)18-8-6-4-3-5-7-9-18/h10H,3-9,16H2,1-2H3,(H2,17,19). The maximum atomic E-state index is 11.6. The lowest BCUT2D eigenvalue weighted by molar-refractivity contribution is 0.100. The van der Waals surface area contributed by atoms with Gasteiger partial charge < -0.3 is 21.1 Å². The fourth-order valence-electron chi connectivity index (χ4n) is 2.61. The van der Waals surface area contributed by atoms with Gasteiger partial charge in [0.05, 0.1) is 6.10 Å². The van der Waals surface area contributed by atoms with E-state index in [0.717, 1.165) is 30.9 Å². The molecule has 1 saturated heterocycles. The quantitative estimate of drug-likeness (QED) is 0.895. The topological polar surface area (TPSA) is 81.6 Å². The highest BCUT2D eigenvalue weighted by atomic mass is 32.1. The number of nitrogens with two attached hydrogens (primary N) is 2. The van der Waals surface area contributed by atoms with Gasteiger partial charge in [-0.15, -0.1) is 11.3 Å². The van der Waals surface area contributed by atoms with Crippen molar-refractivity contribution < 1.29 is 9.53 Å². The largest absolute Gasteiger partial charge is 0.486 e. The molecule has 2 rings (SSSR count). The molecular formula is C15H25N3O2S. The van der Waals surface area contributed by atoms with Crippen LogP contribution in [0.4, 0.5) is 10.7 Å². The molecule has 0 saturated carbocycles. The van der Waals surface area contributed by atoms with Gasteiger partial charge in [0.1, 0.15) is 15.6 Å². The third-order valence-corrected chi connectivity index (χ3v) is 4.87. The molecule has 5 nitrogen and oxygen atoms in total. The number of ether oxygens (including phenoxy) is 1. The van der Waals surface area contributed by atoms with Crippen LogP contribution in [0.3, 0.4) is 0 Å². The second-order valence-corrected chi connectivity index (χ2v) is 6.76. The fourth-order valence-corrected chi connectivity index (χ4v) is 3.67. The molecule has 0 spiro atoms. The Hall–Kier alpha value is -1.43. The number of nitrogens with zero attached hydrogens (tertiary/aromatic N) is 1. The van der Waals surface area contributed by atoms with Crippen LogP contribution in [0.15, 0.2) is 0 Å². The second-order valence-electron chi connectivity index (χ2n) is 5.76. The average molecular weight is 311 g/mol. The number of carbonyl (C=O) groups excluding carboxylic acids is 1. The molecule has 1 aromatic rings. The number of hydrogen-bond donors (Lipinski definition) is 2. The monoisotopic (exact) mass is 311 g/mol. The average Bonchev–Trinajstić information content (AvgIpc) is 2.67. The summed E-state index contributed by atoms with van der Waals surface area (Å²) in [6.45, 7) is 5.87. The Kier molecular flexibility index (Phi) is 5.33. The molecule has 0 radical (unpaired) electrons. The SMILES string of the molecule is CC(C)Oc1c(N2CCCCCCC2)sc(C(N)=O)c1N. The van der Waals surface area contributed by atoms with Crippen LogP contribution >= 0.6 is 11.3 Å². The van der Waals surface area contributed by atoms with Gasteiger partial charge in [-0.3, -0.25) is 4.79 Å². The third-order valence-electron chi connectivity index (χ3n) is 3.60. The zero-order valence-corrected chi connectivity index (χ0v) is 13.7. The van der Waals surface area contributed by atoms with Crippen molar-refractivity contribution >= 4 is 27.9 Å². The van der Waals surface area contributed by atoms with Crippen molar-refractivity contribution in [3.05, 3.63) is 4.88 Å². The van der Waals surface area contributed by atoms with E-state index in [1.165, 1.54) is 30.6 Å². The van der Waals surface area contributed by atoms with E-state index in [2.05, 4.69) is 4.90 Å². The first-order chi connectivity index (χ1) is 10.0. The van der Waals surface area contributed by atoms with E-state index < -0.39 is 5.91 Å². The molecule has 6 heteroatoms. The summed E-state index contributed by atoms with van der Waals surface area (Å²) in [5.41, 5.74) is 11.9. The number of nitrogen functional groups attached to an aromatic ring is 1. The number of amides is 1. The number of thiophene rings is 1. The summed E-state index contributed by atoms with van der Waals surface area (Å²) >= 11 is 1.36. The molecule has 21 heavy (non-hydrogen) atoms. The van der Waals surface area contributed by atoms with Gasteiger partial charge in [-0.2, -0.15) is 0 Å². The van der Waals surface area contributed by atoms with E-state index in [1.54, 1.807) is 0 Å². The van der Waals surface area contributed by atoms with E-state index >= 15 is 0 Å². The van der Waals surface area contributed by atoms with Crippen molar-refractivity contribution in [2.45, 2.75) is 52.1 Å². The van der Waals surface area contributed by atoms with Gasteiger partial charge in [0.25, 0.3) is 5.91 Å². The molecule has 118 valence electrons. The summed E-state index contributed by atoms with van der Waals surface area (Å²) in [4.78, 5) is 14.3. The zero-order valence-electron chi connectivity index (χ0n) is 12.9. The Morgan fingerprint density at radius 1 is 1.19 bits per heavy atom. The third kappa shape index (κ3) is 3.81. The minimum Gasteiger partial charge on any atom is -0.486 e. The molecule has 0 atom stereocenters. The highest BCUT2D eigenvalue weighted by molar-refractivity contribution is 7.19. The predicted molar refractivity (Wildman–Crippen MR) is 88.3 cm³/mol. The number of carbonyl (C=O) groups is 1. The van der Waals surface area contributed by atoms with Crippen molar-refractivity contribution in [1.82, 2.24) is 0 Å². The Balaban J connectivity index is 2.34. The van der Waals surface area contributed by atoms with Gasteiger partial charge in [-0.1, -0.05) is 19.3 Å². The molecule has 1 aliphatic heterocycles. The van der Waals surface area contributed by atoms with Crippen molar-refractivity contribution in [2.75, 3.05) is 23.7 Å². The molecule has 4 N–H and O–H groups in total. The van der Waals surface area contributed by atoms with E-state index in [1.807, 2.05) is 13.8 Å².